The summed E-state index contributed by atoms with van der Waals surface area (Å²) in [7, 11) is -4.37. The topological polar surface area (TPSA) is 160 Å². The number of hydrogen-bond donors (Lipinski definition) is 2. The fraction of sp³-hybridized carbons (Fsp3) is 0.404. The van der Waals surface area contributed by atoms with Crippen molar-refractivity contribution in [3.63, 3.8) is 0 Å². The molecule has 2 saturated heterocycles. The third-order valence-electron chi connectivity index (χ3n) is 12.6. The Labute approximate surface area is 373 Å². The minimum Gasteiger partial charge on any atom is -0.455 e. The molecule has 0 atom stereocenters. The number of H-pyrrole nitrogens is 1. The van der Waals surface area contributed by atoms with Crippen molar-refractivity contribution in [3.05, 3.63) is 117 Å². The molecule has 2 aromatic heterocycles. The van der Waals surface area contributed by atoms with Crippen LogP contribution in [0.5, 0.6) is 11.5 Å². The molecule has 0 spiro atoms. The zero-order valence-corrected chi connectivity index (χ0v) is 36.9. The quantitative estimate of drug-likeness (QED) is 0.0473. The van der Waals surface area contributed by atoms with E-state index in [1.165, 1.54) is 30.5 Å². The van der Waals surface area contributed by atoms with Crippen LogP contribution in [0.4, 0.5) is 34.6 Å². The molecular formula is C47H50F4N6O7S. The number of carbonyl (C=O) groups is 1. The molecular weight excluding hydrogens is 869 g/mol. The lowest BCUT2D eigenvalue weighted by Crippen LogP contribution is -2.47. The summed E-state index contributed by atoms with van der Waals surface area (Å²) in [5.74, 6) is -1.99. The molecule has 0 amide bonds. The highest BCUT2D eigenvalue weighted by Gasteiger charge is 2.34. The first kappa shape index (κ1) is 45.7. The Kier molecular flexibility index (Phi) is 13.1. The van der Waals surface area contributed by atoms with E-state index in [4.69, 9.17) is 9.47 Å². The molecule has 3 aromatic carbocycles. The van der Waals surface area contributed by atoms with Gasteiger partial charge in [-0.25, -0.2) is 17.8 Å². The zero-order valence-electron chi connectivity index (χ0n) is 36.0. The van der Waals surface area contributed by atoms with Crippen LogP contribution in [-0.4, -0.2) is 92.2 Å². The number of Topliss-reactive ketones (excluding diaryl/α,β-unsaturated/α-hetero) is 1. The van der Waals surface area contributed by atoms with Crippen LogP contribution in [0.1, 0.15) is 67.4 Å². The van der Waals surface area contributed by atoms with E-state index >= 15 is 4.39 Å². The number of ketones is 1. The van der Waals surface area contributed by atoms with E-state index in [1.54, 1.807) is 24.4 Å². The predicted molar refractivity (Wildman–Crippen MR) is 239 cm³/mol. The van der Waals surface area contributed by atoms with Gasteiger partial charge in [-0.2, -0.15) is 13.2 Å². The molecule has 0 saturated carbocycles. The molecule has 65 heavy (non-hydrogen) atoms. The van der Waals surface area contributed by atoms with Crippen molar-refractivity contribution in [2.75, 3.05) is 68.5 Å². The van der Waals surface area contributed by atoms with E-state index < -0.39 is 49.5 Å². The first-order valence-electron chi connectivity index (χ1n) is 21.6. The summed E-state index contributed by atoms with van der Waals surface area (Å²) in [5.41, 5.74) is 1.87. The maximum Gasteiger partial charge on any atom is 0.416 e. The average molecular weight is 919 g/mol. The number of hydrogen-bond acceptors (Lipinski definition) is 11. The highest BCUT2D eigenvalue weighted by atomic mass is 32.2. The smallest absolute Gasteiger partial charge is 0.416 e. The molecule has 5 aromatic rings. The zero-order chi connectivity index (χ0) is 46.1. The van der Waals surface area contributed by atoms with E-state index in [1.807, 2.05) is 6.07 Å². The van der Waals surface area contributed by atoms with Crippen molar-refractivity contribution < 1.29 is 45.2 Å². The van der Waals surface area contributed by atoms with Gasteiger partial charge in [0.1, 0.15) is 34.4 Å². The molecule has 0 bridgehead atoms. The second-order valence-electron chi connectivity index (χ2n) is 17.8. The number of halogens is 4. The van der Waals surface area contributed by atoms with Crippen molar-refractivity contribution >= 4 is 49.3 Å². The van der Waals surface area contributed by atoms with Crippen molar-refractivity contribution in [2.45, 2.75) is 57.0 Å². The van der Waals surface area contributed by atoms with Gasteiger partial charge in [-0.3, -0.25) is 19.8 Å². The number of sulfone groups is 1. The van der Waals surface area contributed by atoms with Gasteiger partial charge in [-0.15, -0.1) is 0 Å². The predicted octanol–water partition coefficient (Wildman–Crippen LogP) is 9.70. The number of nitrogens with zero attached hydrogens (tertiary/aromatic N) is 4. The molecule has 2 N–H and O–H groups in total. The van der Waals surface area contributed by atoms with Gasteiger partial charge in [0, 0.05) is 87.4 Å². The first-order chi connectivity index (χ1) is 30.9. The fourth-order valence-corrected chi connectivity index (χ4v) is 10.1. The maximum atomic E-state index is 15.3. The summed E-state index contributed by atoms with van der Waals surface area (Å²) < 4.78 is 94.7. The van der Waals surface area contributed by atoms with E-state index in [0.29, 0.717) is 88.5 Å². The summed E-state index contributed by atoms with van der Waals surface area (Å²) in [6.45, 7) is 8.69. The minimum absolute atomic E-state index is 0.00966. The highest BCUT2D eigenvalue weighted by molar-refractivity contribution is 7.92. The molecule has 4 heterocycles. The number of rotatable bonds is 14. The van der Waals surface area contributed by atoms with Crippen LogP contribution in [0, 0.1) is 27.3 Å². The standard InChI is InChI=1S/C47H50F4N6O7S/c1-46(2)13-9-32(39(25-46)37-6-3-33(22-40(37)48)47(49,50)51)28-55-15-17-56(18-16-55)34-4-7-38(44(23-34)64-35-21-31-10-14-52-45(31)54-27-35)43(58)29-65(61,62)36-5-8-41(42(24-36)57(59)60)53-26-30-11-19-63-20-12-30/h3-8,10,14,21-24,27,30,53H,9,11-13,15-20,25-26,28-29H2,1-2H3,(H,52,54). The number of pyridine rings is 1. The van der Waals surface area contributed by atoms with Crippen LogP contribution in [0.3, 0.4) is 0 Å². The summed E-state index contributed by atoms with van der Waals surface area (Å²) in [5, 5.41) is 15.9. The number of allylic oxidation sites excluding steroid dienone is 1. The molecule has 18 heteroatoms. The Morgan fingerprint density at radius 2 is 1.80 bits per heavy atom. The number of nitrogens with one attached hydrogen (secondary N) is 2. The number of nitro benzene ring substituents is 1. The van der Waals surface area contributed by atoms with E-state index in [-0.39, 0.29) is 38.8 Å². The van der Waals surface area contributed by atoms with Crippen molar-refractivity contribution in [2.24, 2.45) is 11.3 Å². The van der Waals surface area contributed by atoms with Gasteiger partial charge < -0.3 is 24.7 Å². The Balaban J connectivity index is 1.01. The number of nitro groups is 1. The molecule has 344 valence electrons. The summed E-state index contributed by atoms with van der Waals surface area (Å²) >= 11 is 0. The average Bonchev–Trinajstić information content (AvgIpc) is 3.74. The summed E-state index contributed by atoms with van der Waals surface area (Å²) in [6, 6.07) is 14.8. The lowest BCUT2D eigenvalue weighted by Gasteiger charge is -2.39. The van der Waals surface area contributed by atoms with Crippen molar-refractivity contribution in [1.82, 2.24) is 14.9 Å². The van der Waals surface area contributed by atoms with Crippen LogP contribution in [0.2, 0.25) is 0 Å². The molecule has 0 radical (unpaired) electrons. The Morgan fingerprint density at radius 1 is 1.03 bits per heavy atom. The van der Waals surface area contributed by atoms with Gasteiger partial charge in [0.25, 0.3) is 5.69 Å². The van der Waals surface area contributed by atoms with Gasteiger partial charge in [0.05, 0.1) is 27.1 Å². The Bertz CT molecular complexity index is 2740. The summed E-state index contributed by atoms with van der Waals surface area (Å²) in [4.78, 5) is 36.8. The SMILES string of the molecule is CC1(C)CCC(CN2CCN(c3ccc(C(=O)CS(=O)(=O)c4ccc(NCC5CCOCC5)c([N+](=O)[O-])c4)c(Oc4cnc5[nH]ccc5c4)c3)CC2)=C(c2ccc(C(F)(F)F)cc2F)C1. The number of benzene rings is 3. The number of aromatic nitrogens is 2. The Hall–Kier alpha value is -5.85. The van der Waals surface area contributed by atoms with Crippen molar-refractivity contribution in [1.29, 1.82) is 0 Å². The largest absolute Gasteiger partial charge is 0.455 e. The van der Waals surface area contributed by atoms with Gasteiger partial charge in [0.2, 0.25) is 0 Å². The number of carbonyl (C=O) groups excluding carboxylic acids is 1. The normalized spacial score (nSPS) is 17.7. The maximum absolute atomic E-state index is 15.3. The van der Waals surface area contributed by atoms with E-state index in [9.17, 15) is 36.5 Å². The molecule has 2 aliphatic heterocycles. The lowest BCUT2D eigenvalue weighted by molar-refractivity contribution is -0.384. The number of anilines is 2. The second kappa shape index (κ2) is 18.6. The van der Waals surface area contributed by atoms with E-state index in [0.717, 1.165) is 47.9 Å². The van der Waals surface area contributed by atoms with E-state index in [2.05, 4.69) is 38.9 Å². The van der Waals surface area contributed by atoms with Crippen LogP contribution in [0.15, 0.2) is 89.6 Å². The molecule has 3 aliphatic rings. The number of fused-ring (bicyclic) bond motifs is 1. The number of piperazine rings is 1. The monoisotopic (exact) mass is 918 g/mol. The third kappa shape index (κ3) is 10.7. The molecule has 2 fully saturated rings. The second-order valence-corrected chi connectivity index (χ2v) is 19.8. The van der Waals surface area contributed by atoms with Crippen molar-refractivity contribution in [3.8, 4) is 11.5 Å². The number of ether oxygens (including phenoxy) is 2. The van der Waals surface area contributed by atoms with Gasteiger partial charge in [-0.1, -0.05) is 25.5 Å². The third-order valence-corrected chi connectivity index (χ3v) is 14.2. The van der Waals surface area contributed by atoms with Crippen LogP contribution < -0.4 is 15.0 Å². The van der Waals surface area contributed by atoms with Crippen LogP contribution >= 0.6 is 0 Å². The fourth-order valence-electron chi connectivity index (χ4n) is 8.83. The molecule has 13 nitrogen and oxygen atoms in total. The minimum atomic E-state index is -4.65. The number of alkyl halides is 3. The molecule has 8 rings (SSSR count). The molecule has 1 aliphatic carbocycles. The van der Waals surface area contributed by atoms with Gasteiger partial charge in [0.15, 0.2) is 15.6 Å². The number of aromatic amines is 1. The first-order valence-corrected chi connectivity index (χ1v) is 23.2. The summed E-state index contributed by atoms with van der Waals surface area (Å²) in [6.07, 6.45) is 2.24. The Morgan fingerprint density at radius 3 is 2.52 bits per heavy atom. The van der Waals surface area contributed by atoms with Crippen LogP contribution in [0.25, 0.3) is 16.6 Å². The van der Waals surface area contributed by atoms with Crippen LogP contribution in [-0.2, 0) is 20.8 Å². The lowest BCUT2D eigenvalue weighted by atomic mass is 9.72. The molecule has 0 unspecified atom stereocenters. The van der Waals surface area contributed by atoms with Gasteiger partial charge >= 0.3 is 6.18 Å². The van der Waals surface area contributed by atoms with Gasteiger partial charge in [-0.05, 0) is 97.5 Å². The highest BCUT2D eigenvalue weighted by Crippen LogP contribution is 2.45.